The molecule has 4 rings (SSSR count). The predicted molar refractivity (Wildman–Crippen MR) is 87.2 cm³/mol. The first kappa shape index (κ1) is 13.8. The lowest BCUT2D eigenvalue weighted by Crippen LogP contribution is -2.30. The molecule has 2 aromatic heterocycles. The summed E-state index contributed by atoms with van der Waals surface area (Å²) in [7, 11) is 1.56. The third-order valence-electron chi connectivity index (χ3n) is 3.78. The maximum absolute atomic E-state index is 12.2. The van der Waals surface area contributed by atoms with Crippen LogP contribution in [0.2, 0.25) is 5.02 Å². The Labute approximate surface area is 134 Å². The van der Waals surface area contributed by atoms with Crippen LogP contribution in [-0.2, 0) is 13.6 Å². The predicted octanol–water partition coefficient (Wildman–Crippen LogP) is 0.906. The van der Waals surface area contributed by atoms with Crippen LogP contribution >= 0.6 is 11.6 Å². The van der Waals surface area contributed by atoms with Crippen molar-refractivity contribution in [2.24, 2.45) is 12.1 Å². The monoisotopic (exact) mass is 330 g/mol. The Morgan fingerprint density at radius 3 is 2.70 bits per heavy atom. The van der Waals surface area contributed by atoms with Gasteiger partial charge in [-0.3, -0.25) is 18.9 Å². The number of rotatable bonds is 1. The molecule has 23 heavy (non-hydrogen) atoms. The van der Waals surface area contributed by atoms with Gasteiger partial charge in [0.25, 0.3) is 5.56 Å². The number of hydrogen-bond acceptors (Lipinski definition) is 5. The van der Waals surface area contributed by atoms with E-state index in [4.69, 9.17) is 11.6 Å². The second kappa shape index (κ2) is 4.82. The number of imidazole rings is 1. The fourth-order valence-corrected chi connectivity index (χ4v) is 2.70. The van der Waals surface area contributed by atoms with Crippen LogP contribution in [0.4, 0.5) is 5.95 Å². The summed E-state index contributed by atoms with van der Waals surface area (Å²) in [6.45, 7) is 0.363. The van der Waals surface area contributed by atoms with E-state index in [-0.39, 0.29) is 0 Å². The quantitative estimate of drug-likeness (QED) is 0.693. The fourth-order valence-electron chi connectivity index (χ4n) is 2.57. The smallest absolute Gasteiger partial charge is 0.297 e. The summed E-state index contributed by atoms with van der Waals surface area (Å²) in [4.78, 5) is 30.4. The highest BCUT2D eigenvalue weighted by atomic mass is 35.5. The number of nitrogens with zero attached hydrogens (tertiary/aromatic N) is 4. The van der Waals surface area contributed by atoms with Gasteiger partial charge in [0.2, 0.25) is 5.95 Å². The second-order valence-corrected chi connectivity index (χ2v) is 5.63. The molecule has 1 aliphatic rings. The van der Waals surface area contributed by atoms with Crippen molar-refractivity contribution in [2.45, 2.75) is 6.54 Å². The van der Waals surface area contributed by atoms with Crippen LogP contribution in [0.3, 0.4) is 0 Å². The minimum Gasteiger partial charge on any atom is -0.297 e. The van der Waals surface area contributed by atoms with Gasteiger partial charge in [0.1, 0.15) is 0 Å². The van der Waals surface area contributed by atoms with Crippen molar-refractivity contribution in [3.63, 3.8) is 0 Å². The minimum absolute atomic E-state index is 0.314. The Bertz CT molecular complexity index is 1070. The van der Waals surface area contributed by atoms with Crippen molar-refractivity contribution in [1.29, 1.82) is 0 Å². The summed E-state index contributed by atoms with van der Waals surface area (Å²) in [5.41, 5.74) is 4.12. The third-order valence-corrected chi connectivity index (χ3v) is 4.04. The highest BCUT2D eigenvalue weighted by molar-refractivity contribution is 6.30. The number of benzene rings is 1. The number of aryl methyl sites for hydroxylation is 1. The summed E-state index contributed by atoms with van der Waals surface area (Å²) in [5.74, 6) is 0.421. The molecule has 0 radical (unpaired) electrons. The molecule has 0 atom stereocenters. The molecule has 0 saturated carbocycles. The SMILES string of the molecule is Cn1c(=O)[nH]c(=O)c2c1nc1n2CC(c2ccc(Cl)cc2)=NN1. The molecule has 0 bridgehead atoms. The zero-order valence-electron chi connectivity index (χ0n) is 12.0. The molecule has 116 valence electrons. The van der Waals surface area contributed by atoms with Crippen LogP contribution in [0, 0.1) is 0 Å². The summed E-state index contributed by atoms with van der Waals surface area (Å²) in [5, 5.41) is 4.93. The number of fused-ring (bicyclic) bond motifs is 3. The average molecular weight is 331 g/mol. The lowest BCUT2D eigenvalue weighted by atomic mass is 10.1. The van der Waals surface area contributed by atoms with E-state index < -0.39 is 11.2 Å². The number of halogens is 1. The van der Waals surface area contributed by atoms with E-state index >= 15 is 0 Å². The van der Waals surface area contributed by atoms with E-state index in [1.807, 2.05) is 12.1 Å². The Morgan fingerprint density at radius 1 is 1.22 bits per heavy atom. The van der Waals surface area contributed by atoms with Crippen molar-refractivity contribution in [3.05, 3.63) is 55.7 Å². The lowest BCUT2D eigenvalue weighted by Gasteiger charge is -2.16. The van der Waals surface area contributed by atoms with Gasteiger partial charge < -0.3 is 0 Å². The number of aromatic amines is 1. The molecule has 8 nitrogen and oxygen atoms in total. The molecule has 3 heterocycles. The fraction of sp³-hybridized carbons (Fsp3) is 0.143. The first-order valence-electron chi connectivity index (χ1n) is 6.82. The van der Waals surface area contributed by atoms with E-state index in [2.05, 4.69) is 20.5 Å². The zero-order valence-corrected chi connectivity index (χ0v) is 12.8. The highest BCUT2D eigenvalue weighted by Gasteiger charge is 2.21. The van der Waals surface area contributed by atoms with Crippen LogP contribution in [0.25, 0.3) is 11.2 Å². The minimum atomic E-state index is -0.503. The number of hydrogen-bond donors (Lipinski definition) is 2. The summed E-state index contributed by atoms with van der Waals surface area (Å²) >= 11 is 5.90. The molecular weight excluding hydrogens is 320 g/mol. The maximum atomic E-state index is 12.2. The summed E-state index contributed by atoms with van der Waals surface area (Å²) in [6.07, 6.45) is 0. The summed E-state index contributed by atoms with van der Waals surface area (Å²) < 4.78 is 3.00. The van der Waals surface area contributed by atoms with Gasteiger partial charge in [-0.25, -0.2) is 10.2 Å². The van der Waals surface area contributed by atoms with Crippen LogP contribution in [-0.4, -0.2) is 24.8 Å². The van der Waals surface area contributed by atoms with E-state index in [1.54, 1.807) is 23.7 Å². The Balaban J connectivity index is 1.87. The maximum Gasteiger partial charge on any atom is 0.329 e. The largest absolute Gasteiger partial charge is 0.329 e. The van der Waals surface area contributed by atoms with Crippen molar-refractivity contribution < 1.29 is 0 Å². The second-order valence-electron chi connectivity index (χ2n) is 5.19. The molecule has 1 aromatic carbocycles. The Morgan fingerprint density at radius 2 is 1.96 bits per heavy atom. The van der Waals surface area contributed by atoms with Crippen LogP contribution < -0.4 is 16.7 Å². The molecule has 0 aliphatic carbocycles. The third kappa shape index (κ3) is 2.07. The normalized spacial score (nSPS) is 13.6. The number of hydrazone groups is 1. The molecule has 9 heteroatoms. The van der Waals surface area contributed by atoms with Crippen molar-refractivity contribution >= 4 is 34.4 Å². The molecule has 0 unspecified atom stereocenters. The van der Waals surface area contributed by atoms with E-state index in [1.165, 1.54) is 4.57 Å². The van der Waals surface area contributed by atoms with Gasteiger partial charge in [-0.2, -0.15) is 10.1 Å². The molecule has 3 aromatic rings. The molecule has 0 spiro atoms. The first-order chi connectivity index (χ1) is 11.0. The first-order valence-corrected chi connectivity index (χ1v) is 7.20. The van der Waals surface area contributed by atoms with Gasteiger partial charge in [-0.05, 0) is 17.7 Å². The summed E-state index contributed by atoms with van der Waals surface area (Å²) in [6, 6.07) is 7.26. The van der Waals surface area contributed by atoms with Gasteiger partial charge in [-0.15, -0.1) is 0 Å². The Kier molecular flexibility index (Phi) is 2.88. The molecular formula is C14H11ClN6O2. The standard InChI is InChI=1S/C14H11ClN6O2/c1-20-11-10(12(22)17-14(20)23)21-6-9(18-19-13(21)16-11)7-2-4-8(15)5-3-7/h2-5H,6H2,1H3,(H,16,19)(H,17,22,23). The number of aromatic nitrogens is 4. The number of H-pyrrole nitrogens is 1. The van der Waals surface area contributed by atoms with Crippen molar-refractivity contribution in [1.82, 2.24) is 19.1 Å². The van der Waals surface area contributed by atoms with Gasteiger partial charge in [-0.1, -0.05) is 23.7 Å². The molecule has 0 fully saturated rings. The van der Waals surface area contributed by atoms with Crippen molar-refractivity contribution in [3.8, 4) is 0 Å². The topological polar surface area (TPSA) is 97.1 Å². The van der Waals surface area contributed by atoms with Gasteiger partial charge in [0.15, 0.2) is 11.2 Å². The van der Waals surface area contributed by atoms with Crippen LogP contribution in [0.15, 0.2) is 39.0 Å². The number of anilines is 1. The van der Waals surface area contributed by atoms with Crippen molar-refractivity contribution in [2.75, 3.05) is 5.43 Å². The molecule has 0 saturated heterocycles. The number of nitrogens with one attached hydrogen (secondary N) is 2. The van der Waals surface area contributed by atoms with E-state index in [9.17, 15) is 9.59 Å². The lowest BCUT2D eigenvalue weighted by molar-refractivity contribution is 0.821. The van der Waals surface area contributed by atoms with Gasteiger partial charge >= 0.3 is 5.69 Å². The van der Waals surface area contributed by atoms with E-state index in [0.717, 1.165) is 11.3 Å². The average Bonchev–Trinajstić information content (AvgIpc) is 2.92. The van der Waals surface area contributed by atoms with Gasteiger partial charge in [0, 0.05) is 12.1 Å². The van der Waals surface area contributed by atoms with Crippen LogP contribution in [0.1, 0.15) is 5.56 Å². The highest BCUT2D eigenvalue weighted by Crippen LogP contribution is 2.21. The van der Waals surface area contributed by atoms with E-state index in [0.29, 0.717) is 28.7 Å². The molecule has 2 N–H and O–H groups in total. The molecule has 0 amide bonds. The zero-order chi connectivity index (χ0) is 16.1. The van der Waals surface area contributed by atoms with Gasteiger partial charge in [0.05, 0.1) is 12.3 Å². The van der Waals surface area contributed by atoms with Crippen LogP contribution in [0.5, 0.6) is 0 Å². The molecule has 1 aliphatic heterocycles. The Hall–Kier alpha value is -2.87.